The average Bonchev–Trinajstić information content (AvgIpc) is 3.61. The molecule has 1 aliphatic heterocycles. The monoisotopic (exact) mass is 471 g/mol. The van der Waals surface area contributed by atoms with Gasteiger partial charge in [0.1, 0.15) is 11.3 Å². The number of rotatable bonds is 4. The van der Waals surface area contributed by atoms with Crippen LogP contribution in [0.2, 0.25) is 0 Å². The molecule has 4 heterocycles. The number of nitrogens with zero attached hydrogens (tertiary/aromatic N) is 3. The van der Waals surface area contributed by atoms with Gasteiger partial charge in [-0.05, 0) is 37.1 Å². The van der Waals surface area contributed by atoms with Crippen LogP contribution in [0.4, 0.5) is 5.95 Å². The number of anilines is 1. The van der Waals surface area contributed by atoms with Gasteiger partial charge in [-0.15, -0.1) is 11.3 Å². The number of thiazole rings is 1. The molecule has 0 radical (unpaired) electrons. The Morgan fingerprint density at radius 3 is 2.68 bits per heavy atom. The predicted molar refractivity (Wildman–Crippen MR) is 130 cm³/mol. The average molecular weight is 472 g/mol. The number of hydrogen-bond donors (Lipinski definition) is 2. The van der Waals surface area contributed by atoms with Crippen LogP contribution in [0.3, 0.4) is 0 Å². The van der Waals surface area contributed by atoms with Crippen LogP contribution in [-0.2, 0) is 0 Å². The lowest BCUT2D eigenvalue weighted by Crippen LogP contribution is -2.37. The van der Waals surface area contributed by atoms with Crippen molar-refractivity contribution in [1.82, 2.24) is 19.9 Å². The van der Waals surface area contributed by atoms with E-state index in [1.807, 2.05) is 53.4 Å². The van der Waals surface area contributed by atoms with Gasteiger partial charge in [-0.2, -0.15) is 0 Å². The van der Waals surface area contributed by atoms with Crippen LogP contribution in [0.15, 0.2) is 64.4 Å². The fraction of sp³-hybridized carbons (Fsp3) is 0.200. The summed E-state index contributed by atoms with van der Waals surface area (Å²) in [5.74, 6) is 0.618. The molecule has 1 fully saturated rings. The molecular formula is C25H21N5O3S. The maximum atomic E-state index is 12.9. The minimum absolute atomic E-state index is 0.0836. The van der Waals surface area contributed by atoms with Crippen molar-refractivity contribution in [2.45, 2.75) is 18.8 Å². The molecule has 2 aromatic carbocycles. The van der Waals surface area contributed by atoms with Crippen molar-refractivity contribution in [2.24, 2.45) is 0 Å². The summed E-state index contributed by atoms with van der Waals surface area (Å²) in [5.41, 5.74) is 2.75. The van der Waals surface area contributed by atoms with Gasteiger partial charge < -0.3 is 14.3 Å². The Bertz CT molecular complexity index is 1440. The van der Waals surface area contributed by atoms with E-state index in [9.17, 15) is 9.59 Å². The van der Waals surface area contributed by atoms with Crippen LogP contribution in [-0.4, -0.2) is 44.8 Å². The summed E-state index contributed by atoms with van der Waals surface area (Å²) >= 11 is 1.48. The highest BCUT2D eigenvalue weighted by molar-refractivity contribution is 7.10. The van der Waals surface area contributed by atoms with Gasteiger partial charge in [-0.3, -0.25) is 14.9 Å². The van der Waals surface area contributed by atoms with Gasteiger partial charge in [0, 0.05) is 29.8 Å². The summed E-state index contributed by atoms with van der Waals surface area (Å²) in [4.78, 5) is 39.5. The molecule has 0 spiro atoms. The third kappa shape index (κ3) is 3.84. The maximum Gasteiger partial charge on any atom is 0.289 e. The minimum Gasteiger partial charge on any atom is -0.451 e. The van der Waals surface area contributed by atoms with Crippen LogP contribution in [0.5, 0.6) is 0 Å². The summed E-state index contributed by atoms with van der Waals surface area (Å²) in [7, 11) is 0. The summed E-state index contributed by atoms with van der Waals surface area (Å²) in [6, 6.07) is 17.0. The third-order valence-electron chi connectivity index (χ3n) is 6.14. The molecule has 0 saturated carbocycles. The quantitative estimate of drug-likeness (QED) is 0.382. The molecule has 34 heavy (non-hydrogen) atoms. The molecule has 0 bridgehead atoms. The number of aromatic amines is 1. The number of carbonyl (C=O) groups is 2. The lowest BCUT2D eigenvalue weighted by atomic mass is 9.97. The number of fused-ring (bicyclic) bond motifs is 2. The highest BCUT2D eigenvalue weighted by atomic mass is 32.1. The van der Waals surface area contributed by atoms with Gasteiger partial charge in [0.05, 0.1) is 16.0 Å². The topological polar surface area (TPSA) is 104 Å². The molecule has 2 N–H and O–H groups in total. The second-order valence-electron chi connectivity index (χ2n) is 8.34. The van der Waals surface area contributed by atoms with E-state index in [2.05, 4.69) is 20.3 Å². The minimum atomic E-state index is -0.293. The molecule has 2 amide bonds. The van der Waals surface area contributed by atoms with Crippen molar-refractivity contribution >= 4 is 51.1 Å². The van der Waals surface area contributed by atoms with Crippen molar-refractivity contribution in [3.63, 3.8) is 0 Å². The molecule has 3 aromatic heterocycles. The number of aromatic nitrogens is 3. The van der Waals surface area contributed by atoms with Crippen LogP contribution in [0.25, 0.3) is 22.0 Å². The number of furan rings is 1. The Morgan fingerprint density at radius 1 is 1.06 bits per heavy atom. The molecular weight excluding hydrogens is 450 g/mol. The van der Waals surface area contributed by atoms with E-state index < -0.39 is 0 Å². The molecule has 0 aliphatic carbocycles. The van der Waals surface area contributed by atoms with Gasteiger partial charge in [0.25, 0.3) is 11.8 Å². The molecule has 0 atom stereocenters. The van der Waals surface area contributed by atoms with Crippen molar-refractivity contribution in [1.29, 1.82) is 0 Å². The number of amides is 2. The summed E-state index contributed by atoms with van der Waals surface area (Å²) in [6.45, 7) is 1.25. The van der Waals surface area contributed by atoms with Gasteiger partial charge in [-0.25, -0.2) is 9.97 Å². The van der Waals surface area contributed by atoms with E-state index in [4.69, 9.17) is 4.42 Å². The Kier molecular flexibility index (Phi) is 5.10. The number of carbonyl (C=O) groups excluding carboxylic acids is 2. The molecule has 0 unspecified atom stereocenters. The van der Waals surface area contributed by atoms with Crippen LogP contribution in [0.1, 0.15) is 44.8 Å². The first kappa shape index (κ1) is 20.6. The van der Waals surface area contributed by atoms with Crippen LogP contribution < -0.4 is 5.32 Å². The molecule has 1 saturated heterocycles. The van der Waals surface area contributed by atoms with E-state index in [0.29, 0.717) is 30.5 Å². The standard InChI is InChI=1S/C25H21N5O3S/c31-22(29-25-27-17-6-2-3-7-18(17)28-25)19-14-34-23(26-19)15-9-11-30(12-10-15)24(32)21-13-16-5-1-4-8-20(16)33-21/h1-8,13-15H,9-12H2,(H2,27,28,29,31). The van der Waals surface area contributed by atoms with Gasteiger partial charge in [-0.1, -0.05) is 30.3 Å². The predicted octanol–water partition coefficient (Wildman–Crippen LogP) is 5.04. The van der Waals surface area contributed by atoms with Crippen LogP contribution in [0, 0.1) is 0 Å². The second-order valence-corrected chi connectivity index (χ2v) is 9.23. The van der Waals surface area contributed by atoms with Gasteiger partial charge in [0.15, 0.2) is 5.76 Å². The zero-order valence-electron chi connectivity index (χ0n) is 18.2. The second kappa shape index (κ2) is 8.42. The molecule has 8 nitrogen and oxygen atoms in total. The molecule has 1 aliphatic rings. The Labute approximate surface area is 198 Å². The number of imidazole rings is 1. The summed E-state index contributed by atoms with van der Waals surface area (Å²) in [5, 5.41) is 6.42. The first-order chi connectivity index (χ1) is 16.6. The van der Waals surface area contributed by atoms with E-state index in [1.165, 1.54) is 11.3 Å². The number of hydrogen-bond acceptors (Lipinski definition) is 6. The normalized spacial score (nSPS) is 14.6. The lowest BCUT2D eigenvalue weighted by molar-refractivity contribution is 0.0683. The van der Waals surface area contributed by atoms with Gasteiger partial charge >= 0.3 is 0 Å². The fourth-order valence-corrected chi connectivity index (χ4v) is 5.31. The fourth-order valence-electron chi connectivity index (χ4n) is 4.34. The smallest absolute Gasteiger partial charge is 0.289 e. The van der Waals surface area contributed by atoms with E-state index in [1.54, 1.807) is 11.4 Å². The summed E-state index contributed by atoms with van der Waals surface area (Å²) < 4.78 is 5.74. The molecule has 5 aromatic rings. The number of nitrogens with one attached hydrogen (secondary N) is 2. The first-order valence-corrected chi connectivity index (χ1v) is 12.0. The SMILES string of the molecule is O=C(Nc1nc2ccccc2[nH]1)c1csc(C2CCN(C(=O)c3cc4ccccc4o3)CC2)n1. The van der Waals surface area contributed by atoms with Crippen molar-refractivity contribution in [2.75, 3.05) is 18.4 Å². The van der Waals surface area contributed by atoms with Crippen molar-refractivity contribution < 1.29 is 14.0 Å². The molecule has 170 valence electrons. The number of H-pyrrole nitrogens is 1. The maximum absolute atomic E-state index is 12.9. The summed E-state index contributed by atoms with van der Waals surface area (Å²) in [6.07, 6.45) is 1.59. The van der Waals surface area contributed by atoms with Gasteiger partial charge in [0.2, 0.25) is 5.95 Å². The van der Waals surface area contributed by atoms with E-state index >= 15 is 0 Å². The number of likely N-dealkylation sites (tertiary alicyclic amines) is 1. The highest BCUT2D eigenvalue weighted by Crippen LogP contribution is 2.31. The molecule has 6 rings (SSSR count). The van der Waals surface area contributed by atoms with E-state index in [0.717, 1.165) is 39.9 Å². The Balaban J connectivity index is 1.09. The zero-order valence-corrected chi connectivity index (χ0v) is 19.0. The first-order valence-electron chi connectivity index (χ1n) is 11.1. The van der Waals surface area contributed by atoms with Crippen molar-refractivity contribution in [3.8, 4) is 0 Å². The lowest BCUT2D eigenvalue weighted by Gasteiger charge is -2.30. The third-order valence-corrected chi connectivity index (χ3v) is 7.15. The number of para-hydroxylation sites is 3. The number of benzene rings is 2. The van der Waals surface area contributed by atoms with Crippen molar-refractivity contribution in [3.05, 3.63) is 76.4 Å². The largest absolute Gasteiger partial charge is 0.451 e. The Hall–Kier alpha value is -3.98. The van der Waals surface area contributed by atoms with Crippen LogP contribution >= 0.6 is 11.3 Å². The Morgan fingerprint density at radius 2 is 1.85 bits per heavy atom. The highest BCUT2D eigenvalue weighted by Gasteiger charge is 2.28. The number of piperidine rings is 1. The van der Waals surface area contributed by atoms with E-state index in [-0.39, 0.29) is 17.7 Å². The zero-order chi connectivity index (χ0) is 23.1. The molecule has 9 heteroatoms.